The number of halogens is 2. The maximum absolute atomic E-state index is 14.1. The first-order valence-corrected chi connectivity index (χ1v) is 12.2. The van der Waals surface area contributed by atoms with Gasteiger partial charge in [-0.15, -0.1) is 0 Å². The molecule has 2 aliphatic carbocycles. The largest absolute Gasteiger partial charge is 0.505 e. The Morgan fingerprint density at radius 1 is 0.914 bits per heavy atom. The molecule has 0 aromatic heterocycles. The number of nitrogens with one attached hydrogen (secondary N) is 1. The summed E-state index contributed by atoms with van der Waals surface area (Å²) < 4.78 is 32.8. The zero-order chi connectivity index (χ0) is 25.8. The molecule has 6 nitrogen and oxygen atoms in total. The third-order valence-electron chi connectivity index (χ3n) is 6.35. The number of benzene rings is 2. The van der Waals surface area contributed by atoms with Crippen molar-refractivity contribution in [3.63, 3.8) is 0 Å². The van der Waals surface area contributed by atoms with E-state index in [-0.39, 0.29) is 23.6 Å². The number of phenolic OH excluding ortho intramolecular Hbond substituents is 2. The van der Waals surface area contributed by atoms with E-state index in [0.29, 0.717) is 24.0 Å². The second kappa shape index (κ2) is 11.2. The summed E-state index contributed by atoms with van der Waals surface area (Å²) in [5, 5.41) is 21.5. The smallest absolute Gasteiger partial charge is 0.408 e. The molecule has 0 radical (unpaired) electrons. The van der Waals surface area contributed by atoms with E-state index < -0.39 is 23.3 Å². The Morgan fingerprint density at radius 3 is 2.00 bits per heavy atom. The Kier molecular flexibility index (Phi) is 8.59. The van der Waals surface area contributed by atoms with Gasteiger partial charge in [-0.1, -0.05) is 25.0 Å². The maximum atomic E-state index is 14.1. The molecule has 2 aromatic carbocycles. The fourth-order valence-corrected chi connectivity index (χ4v) is 4.66. The van der Waals surface area contributed by atoms with E-state index in [1.165, 1.54) is 12.1 Å². The lowest BCUT2D eigenvalue weighted by molar-refractivity contribution is 0.0500. The van der Waals surface area contributed by atoms with E-state index >= 15 is 0 Å². The number of hydrogen-bond acceptors (Lipinski definition) is 5. The van der Waals surface area contributed by atoms with Gasteiger partial charge in [-0.05, 0) is 93.7 Å². The quantitative estimate of drug-likeness (QED) is 0.363. The number of aromatic hydroxyl groups is 2. The van der Waals surface area contributed by atoms with Gasteiger partial charge in [0.05, 0.1) is 6.04 Å². The number of fused-ring (bicyclic) bond motifs is 2. The summed E-state index contributed by atoms with van der Waals surface area (Å²) in [6.07, 6.45) is 6.07. The first-order valence-electron chi connectivity index (χ1n) is 12.2. The van der Waals surface area contributed by atoms with Gasteiger partial charge < -0.3 is 26.0 Å². The van der Waals surface area contributed by atoms with Gasteiger partial charge in [0.15, 0.2) is 23.1 Å². The van der Waals surface area contributed by atoms with E-state index in [9.17, 15) is 23.8 Å². The summed E-state index contributed by atoms with van der Waals surface area (Å²) in [7, 11) is 0. The van der Waals surface area contributed by atoms with Crippen LogP contribution in [0.15, 0.2) is 24.3 Å². The highest BCUT2D eigenvalue weighted by molar-refractivity contribution is 5.68. The van der Waals surface area contributed by atoms with Crippen molar-refractivity contribution in [3.8, 4) is 11.5 Å². The number of ether oxygens (including phenoxy) is 1. The third kappa shape index (κ3) is 6.84. The van der Waals surface area contributed by atoms with E-state index in [0.717, 1.165) is 49.7 Å². The minimum absolute atomic E-state index is 0.0809. The third-order valence-corrected chi connectivity index (χ3v) is 6.35. The molecule has 0 spiro atoms. The lowest BCUT2D eigenvalue weighted by Gasteiger charge is -2.24. The van der Waals surface area contributed by atoms with Crippen LogP contribution in [0.2, 0.25) is 0 Å². The molecule has 4 rings (SSSR count). The molecule has 5 N–H and O–H groups in total. The molecule has 2 atom stereocenters. The van der Waals surface area contributed by atoms with Crippen LogP contribution in [-0.2, 0) is 17.6 Å². The zero-order valence-electron chi connectivity index (χ0n) is 20.7. The topological polar surface area (TPSA) is 105 Å². The van der Waals surface area contributed by atoms with Crippen molar-refractivity contribution in [2.75, 3.05) is 0 Å². The number of nitrogens with two attached hydrogens (primary N) is 1. The Bertz CT molecular complexity index is 1050. The summed E-state index contributed by atoms with van der Waals surface area (Å²) >= 11 is 0. The molecule has 35 heavy (non-hydrogen) atoms. The number of alkyl carbamates (subject to hydrolysis) is 1. The highest BCUT2D eigenvalue weighted by atomic mass is 19.1. The average Bonchev–Trinajstić information content (AvgIpc) is 3.09. The van der Waals surface area contributed by atoms with Gasteiger partial charge in [-0.3, -0.25) is 0 Å². The molecule has 192 valence electrons. The summed E-state index contributed by atoms with van der Waals surface area (Å²) in [6.45, 7) is 5.39. The molecule has 0 fully saturated rings. The monoisotopic (exact) mass is 490 g/mol. The van der Waals surface area contributed by atoms with Crippen molar-refractivity contribution in [1.82, 2.24) is 5.32 Å². The van der Waals surface area contributed by atoms with Crippen LogP contribution >= 0.6 is 0 Å². The number of amides is 1. The number of rotatable bonds is 1. The first-order chi connectivity index (χ1) is 16.5. The fourth-order valence-electron chi connectivity index (χ4n) is 4.66. The Labute approximate surface area is 205 Å². The Balaban J connectivity index is 0.000000211. The van der Waals surface area contributed by atoms with Crippen molar-refractivity contribution >= 4 is 6.09 Å². The molecule has 8 heteroatoms. The van der Waals surface area contributed by atoms with Gasteiger partial charge in [0.25, 0.3) is 0 Å². The molecule has 0 saturated heterocycles. The van der Waals surface area contributed by atoms with Crippen molar-refractivity contribution in [2.24, 2.45) is 5.73 Å². The van der Waals surface area contributed by atoms with E-state index in [1.54, 1.807) is 32.9 Å². The van der Waals surface area contributed by atoms with Crippen molar-refractivity contribution in [3.05, 3.63) is 58.2 Å². The molecule has 2 aliphatic rings. The molecule has 0 aliphatic heterocycles. The standard InChI is InChI=1S/C16H22FNO3.C11H14FNO/c1-16(2,3)21-15(20)18-12-7-5-4-6-11-10(12)8-9-13(19)14(11)17;12-11-8-3-1-2-4-9(13)7(8)5-6-10(11)14/h8-9,12,19H,4-7H2,1-3H3,(H,18,20);5-6,9,14H,1-4,13H2/t12-;9-/m11/s1. The second-order valence-electron chi connectivity index (χ2n) is 10.2. The van der Waals surface area contributed by atoms with Crippen molar-refractivity contribution < 1.29 is 28.5 Å². The van der Waals surface area contributed by atoms with Crippen LogP contribution in [0.3, 0.4) is 0 Å². The summed E-state index contributed by atoms with van der Waals surface area (Å²) in [4.78, 5) is 11.9. The lowest BCUT2D eigenvalue weighted by atomic mass is 9.98. The molecular formula is C27H36F2N2O4. The summed E-state index contributed by atoms with van der Waals surface area (Å²) in [5.41, 5.74) is 8.04. The van der Waals surface area contributed by atoms with Gasteiger partial charge in [0.1, 0.15) is 5.60 Å². The fraction of sp³-hybridized carbons (Fsp3) is 0.519. The molecular weight excluding hydrogens is 454 g/mol. The van der Waals surface area contributed by atoms with Crippen LogP contribution in [0.5, 0.6) is 11.5 Å². The number of carbonyl (C=O) groups excluding carboxylic acids is 1. The highest BCUT2D eigenvalue weighted by Crippen LogP contribution is 2.34. The molecule has 2 aromatic rings. The zero-order valence-corrected chi connectivity index (χ0v) is 20.7. The van der Waals surface area contributed by atoms with Gasteiger partial charge in [-0.25, -0.2) is 13.6 Å². The van der Waals surface area contributed by atoms with Gasteiger partial charge in [-0.2, -0.15) is 0 Å². The second-order valence-corrected chi connectivity index (χ2v) is 10.2. The molecule has 0 saturated carbocycles. The van der Waals surface area contributed by atoms with E-state index in [2.05, 4.69) is 5.32 Å². The maximum Gasteiger partial charge on any atom is 0.408 e. The molecule has 0 heterocycles. The highest BCUT2D eigenvalue weighted by Gasteiger charge is 2.26. The Morgan fingerprint density at radius 2 is 1.43 bits per heavy atom. The van der Waals surface area contributed by atoms with Crippen LogP contribution in [-0.4, -0.2) is 21.9 Å². The predicted octanol–water partition coefficient (Wildman–Crippen LogP) is 6.08. The molecule has 1 amide bonds. The van der Waals surface area contributed by atoms with Gasteiger partial charge >= 0.3 is 6.09 Å². The lowest BCUT2D eigenvalue weighted by Crippen LogP contribution is -2.35. The van der Waals surface area contributed by atoms with Crippen LogP contribution in [0.1, 0.15) is 93.6 Å². The van der Waals surface area contributed by atoms with Crippen LogP contribution in [0.4, 0.5) is 13.6 Å². The first kappa shape index (κ1) is 26.7. The number of hydrogen-bond donors (Lipinski definition) is 4. The minimum atomic E-state index is -0.578. The van der Waals surface area contributed by atoms with Gasteiger partial charge in [0, 0.05) is 6.04 Å². The predicted molar refractivity (Wildman–Crippen MR) is 130 cm³/mol. The normalized spacial score (nSPS) is 19.7. The summed E-state index contributed by atoms with van der Waals surface area (Å²) in [5.74, 6) is -1.67. The van der Waals surface area contributed by atoms with Crippen LogP contribution in [0.25, 0.3) is 0 Å². The van der Waals surface area contributed by atoms with E-state index in [4.69, 9.17) is 10.5 Å². The van der Waals surface area contributed by atoms with Crippen LogP contribution in [0, 0.1) is 11.6 Å². The Hall–Kier alpha value is -2.87. The van der Waals surface area contributed by atoms with E-state index in [1.807, 2.05) is 0 Å². The number of carbonyl (C=O) groups is 1. The van der Waals surface area contributed by atoms with Crippen LogP contribution < -0.4 is 11.1 Å². The summed E-state index contributed by atoms with van der Waals surface area (Å²) in [6, 6.07) is 5.78. The van der Waals surface area contributed by atoms with Gasteiger partial charge in [0.2, 0.25) is 0 Å². The number of phenols is 2. The minimum Gasteiger partial charge on any atom is -0.505 e. The molecule has 0 unspecified atom stereocenters. The van der Waals surface area contributed by atoms with Crippen molar-refractivity contribution in [2.45, 2.75) is 89.8 Å². The SMILES string of the molecule is CC(C)(C)OC(=O)N[C@@H]1CCCCc2c1ccc(O)c2F.N[C@@H]1CCCCc2c1ccc(O)c2F. The van der Waals surface area contributed by atoms with Crippen molar-refractivity contribution in [1.29, 1.82) is 0 Å². The molecule has 0 bridgehead atoms. The average molecular weight is 491 g/mol.